The van der Waals surface area contributed by atoms with Crippen molar-refractivity contribution < 1.29 is 14.2 Å². The van der Waals surface area contributed by atoms with E-state index in [0.29, 0.717) is 25.7 Å². The molecule has 3 nitrogen and oxygen atoms in total. The summed E-state index contributed by atoms with van der Waals surface area (Å²) in [6, 6.07) is 7.74. The fourth-order valence-corrected chi connectivity index (χ4v) is 2.37. The van der Waals surface area contributed by atoms with Crippen LogP contribution in [0.3, 0.4) is 0 Å². The molecular weight excluding hydrogens is 276 g/mol. The molecule has 112 valence electrons. The van der Waals surface area contributed by atoms with Gasteiger partial charge in [-0.3, -0.25) is 0 Å². The number of benzene rings is 1. The first-order chi connectivity index (χ1) is 9.56. The molecule has 1 aliphatic heterocycles. The molecule has 0 spiro atoms. The fraction of sp³-hybridized carbons (Fsp3) is 0.625. The van der Waals surface area contributed by atoms with E-state index in [0.717, 1.165) is 17.0 Å². The molecule has 4 heteroatoms. The fourth-order valence-electron chi connectivity index (χ4n) is 2.18. The van der Waals surface area contributed by atoms with E-state index in [2.05, 4.69) is 20.8 Å². The van der Waals surface area contributed by atoms with E-state index in [1.54, 1.807) is 0 Å². The topological polar surface area (TPSA) is 27.7 Å². The lowest BCUT2D eigenvalue weighted by molar-refractivity contribution is -0.280. The van der Waals surface area contributed by atoms with Crippen LogP contribution in [-0.4, -0.2) is 25.1 Å². The summed E-state index contributed by atoms with van der Waals surface area (Å²) in [7, 11) is 0. The van der Waals surface area contributed by atoms with Crippen molar-refractivity contribution in [2.75, 3.05) is 13.2 Å². The second kappa shape index (κ2) is 6.90. The molecule has 1 aromatic carbocycles. The third-order valence-electron chi connectivity index (χ3n) is 3.70. The largest absolute Gasteiger partial charge is 0.365 e. The average Bonchev–Trinajstić information content (AvgIpc) is 2.47. The molecule has 1 saturated heterocycles. The van der Waals surface area contributed by atoms with Crippen LogP contribution in [0, 0.1) is 5.92 Å². The third kappa shape index (κ3) is 3.73. The van der Waals surface area contributed by atoms with Crippen molar-refractivity contribution in [1.82, 2.24) is 0 Å². The van der Waals surface area contributed by atoms with Crippen molar-refractivity contribution in [2.24, 2.45) is 5.92 Å². The van der Waals surface area contributed by atoms with Crippen LogP contribution < -0.4 is 0 Å². The molecule has 0 amide bonds. The van der Waals surface area contributed by atoms with Crippen LogP contribution in [0.5, 0.6) is 0 Å². The maximum atomic E-state index is 6.15. The molecule has 1 aliphatic rings. The quantitative estimate of drug-likeness (QED) is 0.821. The third-order valence-corrected chi connectivity index (χ3v) is 4.07. The lowest BCUT2D eigenvalue weighted by atomic mass is 10.0. The van der Waals surface area contributed by atoms with Crippen molar-refractivity contribution in [1.29, 1.82) is 0 Å². The van der Waals surface area contributed by atoms with E-state index in [9.17, 15) is 0 Å². The van der Waals surface area contributed by atoms with Gasteiger partial charge in [0.25, 0.3) is 0 Å². The average molecular weight is 299 g/mol. The van der Waals surface area contributed by atoms with Gasteiger partial charge < -0.3 is 14.2 Å². The summed E-state index contributed by atoms with van der Waals surface area (Å²) in [6.07, 6.45) is 0.723. The van der Waals surface area contributed by atoms with Crippen LogP contribution in [0.25, 0.3) is 0 Å². The van der Waals surface area contributed by atoms with Gasteiger partial charge in [-0.1, -0.05) is 50.6 Å². The molecule has 0 atom stereocenters. The van der Waals surface area contributed by atoms with E-state index in [-0.39, 0.29) is 11.9 Å². The zero-order valence-corrected chi connectivity index (χ0v) is 13.2. The van der Waals surface area contributed by atoms with Crippen LogP contribution >= 0.6 is 11.6 Å². The Morgan fingerprint density at radius 1 is 1.30 bits per heavy atom. The van der Waals surface area contributed by atoms with Gasteiger partial charge in [0, 0.05) is 10.9 Å². The molecule has 1 fully saturated rings. The Labute approximate surface area is 126 Å². The van der Waals surface area contributed by atoms with Gasteiger partial charge in [0.1, 0.15) is 5.60 Å². The van der Waals surface area contributed by atoms with E-state index < -0.39 is 0 Å². The predicted octanol–water partition coefficient (Wildman–Crippen LogP) is 4.03. The van der Waals surface area contributed by atoms with Gasteiger partial charge >= 0.3 is 0 Å². The number of ether oxygens (including phenoxy) is 3. The first-order valence-corrected chi connectivity index (χ1v) is 7.55. The normalized spacial score (nSPS) is 26.9. The molecule has 0 N–H and O–H groups in total. The minimum Gasteiger partial charge on any atom is -0.365 e. The number of hydrogen-bond acceptors (Lipinski definition) is 3. The summed E-state index contributed by atoms with van der Waals surface area (Å²) in [4.78, 5) is 0. The Kier molecular flexibility index (Phi) is 5.44. The van der Waals surface area contributed by atoms with E-state index in [1.165, 1.54) is 0 Å². The standard InChI is InChI=1S/C16H23ClO3/c1-4-16(10-18-15(12(2)3)19-11-16)20-9-13-7-5-6-8-14(13)17/h5-8,12,15H,4,9-11H2,1-3H3/t15-,16+. The highest BCUT2D eigenvalue weighted by Crippen LogP contribution is 2.28. The SMILES string of the molecule is CC[C@]1(OCc2ccccc2Cl)CO[C@@H](C(C)C)OC1. The molecule has 0 saturated carbocycles. The highest BCUT2D eigenvalue weighted by molar-refractivity contribution is 6.31. The van der Waals surface area contributed by atoms with Crippen LogP contribution in [-0.2, 0) is 20.8 Å². The summed E-state index contributed by atoms with van der Waals surface area (Å²) in [6.45, 7) is 7.89. The zero-order valence-electron chi connectivity index (χ0n) is 12.4. The van der Waals surface area contributed by atoms with E-state index >= 15 is 0 Å². The molecule has 0 unspecified atom stereocenters. The van der Waals surface area contributed by atoms with Crippen LogP contribution in [0.15, 0.2) is 24.3 Å². The summed E-state index contributed by atoms with van der Waals surface area (Å²) >= 11 is 6.15. The Bertz CT molecular complexity index is 425. The maximum Gasteiger partial charge on any atom is 0.160 e. The molecule has 0 aromatic heterocycles. The summed E-state index contributed by atoms with van der Waals surface area (Å²) in [5.41, 5.74) is 0.623. The van der Waals surface area contributed by atoms with Crippen molar-refractivity contribution in [3.63, 3.8) is 0 Å². The van der Waals surface area contributed by atoms with E-state index in [4.69, 9.17) is 25.8 Å². The van der Waals surface area contributed by atoms with Gasteiger partial charge in [-0.15, -0.1) is 0 Å². The van der Waals surface area contributed by atoms with Crippen LogP contribution in [0.4, 0.5) is 0 Å². The summed E-state index contributed by atoms with van der Waals surface area (Å²) in [5, 5.41) is 0.733. The summed E-state index contributed by atoms with van der Waals surface area (Å²) in [5.74, 6) is 0.355. The van der Waals surface area contributed by atoms with Crippen molar-refractivity contribution in [3.8, 4) is 0 Å². The maximum absolute atomic E-state index is 6.15. The minimum atomic E-state index is -0.370. The molecule has 1 heterocycles. The van der Waals surface area contributed by atoms with Gasteiger partial charge in [0.05, 0.1) is 19.8 Å². The van der Waals surface area contributed by atoms with Crippen molar-refractivity contribution >= 4 is 11.6 Å². The first kappa shape index (κ1) is 15.8. The Hall–Kier alpha value is -0.610. The second-order valence-corrected chi connectivity index (χ2v) is 6.06. The molecule has 0 aliphatic carbocycles. The molecule has 2 rings (SSSR count). The van der Waals surface area contributed by atoms with E-state index in [1.807, 2.05) is 24.3 Å². The number of halogens is 1. The monoisotopic (exact) mass is 298 g/mol. The first-order valence-electron chi connectivity index (χ1n) is 7.17. The van der Waals surface area contributed by atoms with Crippen LogP contribution in [0.1, 0.15) is 32.8 Å². The number of hydrogen-bond donors (Lipinski definition) is 0. The Morgan fingerprint density at radius 3 is 2.50 bits per heavy atom. The van der Waals surface area contributed by atoms with Crippen molar-refractivity contribution in [3.05, 3.63) is 34.9 Å². The van der Waals surface area contributed by atoms with Gasteiger partial charge in [0.2, 0.25) is 0 Å². The molecular formula is C16H23ClO3. The Balaban J connectivity index is 1.95. The van der Waals surface area contributed by atoms with Gasteiger partial charge in [-0.05, 0) is 18.1 Å². The molecule has 0 bridgehead atoms. The van der Waals surface area contributed by atoms with Crippen LogP contribution in [0.2, 0.25) is 5.02 Å². The lowest BCUT2D eigenvalue weighted by Crippen LogP contribution is -2.50. The Morgan fingerprint density at radius 2 is 1.95 bits per heavy atom. The van der Waals surface area contributed by atoms with Crippen molar-refractivity contribution in [2.45, 2.75) is 45.7 Å². The van der Waals surface area contributed by atoms with Gasteiger partial charge in [-0.2, -0.15) is 0 Å². The van der Waals surface area contributed by atoms with Gasteiger partial charge in [0.15, 0.2) is 6.29 Å². The highest BCUT2D eigenvalue weighted by Gasteiger charge is 2.37. The number of rotatable bonds is 5. The second-order valence-electron chi connectivity index (χ2n) is 5.65. The lowest BCUT2D eigenvalue weighted by Gasteiger charge is -2.40. The predicted molar refractivity (Wildman–Crippen MR) is 79.8 cm³/mol. The van der Waals surface area contributed by atoms with Gasteiger partial charge in [-0.25, -0.2) is 0 Å². The smallest absolute Gasteiger partial charge is 0.160 e. The molecule has 0 radical (unpaired) electrons. The zero-order chi connectivity index (χ0) is 14.6. The molecule has 20 heavy (non-hydrogen) atoms. The molecule has 1 aromatic rings. The summed E-state index contributed by atoms with van der Waals surface area (Å²) < 4.78 is 17.6. The highest BCUT2D eigenvalue weighted by atomic mass is 35.5. The minimum absolute atomic E-state index is 0.126.